The molecule has 0 aromatic carbocycles. The fourth-order valence-electron chi connectivity index (χ4n) is 2.48. The average Bonchev–Trinajstić information content (AvgIpc) is 2.88. The van der Waals surface area contributed by atoms with Gasteiger partial charge in [-0.25, -0.2) is 4.98 Å². The normalized spacial score (nSPS) is 18.6. The second-order valence-corrected chi connectivity index (χ2v) is 4.94. The minimum atomic E-state index is -0.0658. The molecule has 1 atom stereocenters. The van der Waals surface area contributed by atoms with Gasteiger partial charge in [0.1, 0.15) is 5.82 Å². The summed E-state index contributed by atoms with van der Waals surface area (Å²) in [5.74, 6) is 1.56. The number of aromatic nitrogens is 1. The molecule has 19 heavy (non-hydrogen) atoms. The second kappa shape index (κ2) is 6.52. The average molecular weight is 262 g/mol. The first-order valence-corrected chi connectivity index (χ1v) is 6.94. The van der Waals surface area contributed by atoms with E-state index in [4.69, 9.17) is 5.73 Å². The summed E-state index contributed by atoms with van der Waals surface area (Å²) < 4.78 is 0. The van der Waals surface area contributed by atoms with Crippen molar-refractivity contribution >= 4 is 11.7 Å². The van der Waals surface area contributed by atoms with Gasteiger partial charge in [-0.1, -0.05) is 0 Å². The summed E-state index contributed by atoms with van der Waals surface area (Å²) in [6.07, 6.45) is 3.90. The molecule has 1 unspecified atom stereocenters. The lowest BCUT2D eigenvalue weighted by Gasteiger charge is -2.17. The molecule has 2 heterocycles. The third-order valence-corrected chi connectivity index (χ3v) is 3.53. The number of nitrogens with zero attached hydrogens (tertiary/aromatic N) is 2. The maximum Gasteiger partial charge on any atom is 0.252 e. The van der Waals surface area contributed by atoms with Gasteiger partial charge in [0, 0.05) is 25.8 Å². The van der Waals surface area contributed by atoms with Crippen LogP contribution in [0.2, 0.25) is 0 Å². The summed E-state index contributed by atoms with van der Waals surface area (Å²) in [6.45, 7) is 5.33. The van der Waals surface area contributed by atoms with Crippen LogP contribution in [0.4, 0.5) is 5.82 Å². The Hall–Kier alpha value is -1.62. The second-order valence-electron chi connectivity index (χ2n) is 4.94. The summed E-state index contributed by atoms with van der Waals surface area (Å²) in [4.78, 5) is 18.3. The molecule has 0 bridgehead atoms. The van der Waals surface area contributed by atoms with Crippen molar-refractivity contribution in [1.82, 2.24) is 10.3 Å². The minimum absolute atomic E-state index is 0.0658. The number of nitrogens with two attached hydrogens (primary N) is 1. The highest BCUT2D eigenvalue weighted by atomic mass is 16.1. The largest absolute Gasteiger partial charge is 0.356 e. The Morgan fingerprint density at radius 3 is 3.05 bits per heavy atom. The molecule has 2 rings (SSSR count). The van der Waals surface area contributed by atoms with Crippen LogP contribution in [0.25, 0.3) is 0 Å². The van der Waals surface area contributed by atoms with Gasteiger partial charge in [0.15, 0.2) is 0 Å². The number of hydrogen-bond acceptors (Lipinski definition) is 4. The molecule has 1 saturated heterocycles. The lowest BCUT2D eigenvalue weighted by molar-refractivity contribution is 0.0955. The zero-order chi connectivity index (χ0) is 13.7. The first-order chi connectivity index (χ1) is 9.24. The molecular weight excluding hydrogens is 240 g/mol. The van der Waals surface area contributed by atoms with E-state index in [1.54, 1.807) is 6.20 Å². The number of pyridine rings is 1. The zero-order valence-corrected chi connectivity index (χ0v) is 11.4. The molecule has 0 saturated carbocycles. The van der Waals surface area contributed by atoms with E-state index < -0.39 is 0 Å². The summed E-state index contributed by atoms with van der Waals surface area (Å²) >= 11 is 0. The summed E-state index contributed by atoms with van der Waals surface area (Å²) in [5, 5.41) is 2.77. The molecule has 0 spiro atoms. The smallest absolute Gasteiger partial charge is 0.252 e. The number of carbonyl (C=O) groups excluding carboxylic acids is 1. The Morgan fingerprint density at radius 1 is 1.58 bits per heavy atom. The van der Waals surface area contributed by atoms with Gasteiger partial charge in [-0.2, -0.15) is 0 Å². The highest BCUT2D eigenvalue weighted by Crippen LogP contribution is 2.23. The number of hydrogen-bond donors (Lipinski definition) is 2. The Kier molecular flexibility index (Phi) is 4.74. The third-order valence-electron chi connectivity index (χ3n) is 3.53. The first kappa shape index (κ1) is 13.8. The fraction of sp³-hybridized carbons (Fsp3) is 0.571. The van der Waals surface area contributed by atoms with Crippen molar-refractivity contribution in [3.05, 3.63) is 23.9 Å². The maximum atomic E-state index is 11.6. The molecule has 1 aromatic rings. The van der Waals surface area contributed by atoms with E-state index in [1.807, 2.05) is 19.1 Å². The molecular formula is C14H22N4O. The van der Waals surface area contributed by atoms with Crippen LogP contribution in [-0.2, 0) is 0 Å². The van der Waals surface area contributed by atoms with Crippen LogP contribution in [0.5, 0.6) is 0 Å². The molecule has 0 aliphatic carbocycles. The van der Waals surface area contributed by atoms with E-state index in [0.717, 1.165) is 31.9 Å². The van der Waals surface area contributed by atoms with Crippen molar-refractivity contribution < 1.29 is 4.79 Å². The van der Waals surface area contributed by atoms with Crippen LogP contribution in [0.15, 0.2) is 18.3 Å². The molecule has 1 amide bonds. The Bertz CT molecular complexity index is 418. The SMILES string of the molecule is CCNC(=O)c1ccc(N2CCC(CCN)C2)nc1. The lowest BCUT2D eigenvalue weighted by Crippen LogP contribution is -2.24. The third kappa shape index (κ3) is 3.44. The predicted molar refractivity (Wildman–Crippen MR) is 76.2 cm³/mol. The van der Waals surface area contributed by atoms with Gasteiger partial charge in [-0.15, -0.1) is 0 Å². The topological polar surface area (TPSA) is 71.2 Å². The molecule has 0 radical (unpaired) electrons. The van der Waals surface area contributed by atoms with Gasteiger partial charge >= 0.3 is 0 Å². The van der Waals surface area contributed by atoms with Crippen molar-refractivity contribution in [2.75, 3.05) is 31.1 Å². The molecule has 1 aromatic heterocycles. The van der Waals surface area contributed by atoms with E-state index in [0.29, 0.717) is 18.0 Å². The Morgan fingerprint density at radius 2 is 2.42 bits per heavy atom. The van der Waals surface area contributed by atoms with Gasteiger partial charge in [0.25, 0.3) is 5.91 Å². The van der Waals surface area contributed by atoms with Crippen LogP contribution in [0.3, 0.4) is 0 Å². The number of nitrogens with one attached hydrogen (secondary N) is 1. The van der Waals surface area contributed by atoms with Crippen LogP contribution in [0, 0.1) is 5.92 Å². The Balaban J connectivity index is 1.97. The van der Waals surface area contributed by atoms with Crippen molar-refractivity contribution in [3.63, 3.8) is 0 Å². The highest BCUT2D eigenvalue weighted by molar-refractivity contribution is 5.93. The first-order valence-electron chi connectivity index (χ1n) is 6.94. The maximum absolute atomic E-state index is 11.6. The zero-order valence-electron chi connectivity index (χ0n) is 11.4. The van der Waals surface area contributed by atoms with Gasteiger partial charge in [0.05, 0.1) is 5.56 Å². The van der Waals surface area contributed by atoms with E-state index >= 15 is 0 Å². The monoisotopic (exact) mass is 262 g/mol. The molecule has 1 aliphatic rings. The van der Waals surface area contributed by atoms with Crippen molar-refractivity contribution in [1.29, 1.82) is 0 Å². The van der Waals surface area contributed by atoms with E-state index in [2.05, 4.69) is 15.2 Å². The fourth-order valence-corrected chi connectivity index (χ4v) is 2.48. The molecule has 3 N–H and O–H groups in total. The van der Waals surface area contributed by atoms with E-state index in [1.165, 1.54) is 6.42 Å². The molecule has 1 aliphatic heterocycles. The molecule has 1 fully saturated rings. The quantitative estimate of drug-likeness (QED) is 0.830. The molecule has 5 heteroatoms. The van der Waals surface area contributed by atoms with Crippen LogP contribution in [-0.4, -0.2) is 37.1 Å². The van der Waals surface area contributed by atoms with Crippen molar-refractivity contribution in [3.8, 4) is 0 Å². The standard InChI is InChI=1S/C14H22N4O/c1-2-16-14(19)12-3-4-13(17-9-12)18-8-6-11(10-18)5-7-15/h3-4,9,11H,2,5-8,10,15H2,1H3,(H,16,19). The highest BCUT2D eigenvalue weighted by Gasteiger charge is 2.22. The number of anilines is 1. The van der Waals surface area contributed by atoms with Gasteiger partial charge in [-0.05, 0) is 44.4 Å². The lowest BCUT2D eigenvalue weighted by atomic mass is 10.1. The molecule has 5 nitrogen and oxygen atoms in total. The minimum Gasteiger partial charge on any atom is -0.356 e. The Labute approximate surface area is 114 Å². The van der Waals surface area contributed by atoms with Crippen LogP contribution >= 0.6 is 0 Å². The summed E-state index contributed by atoms with van der Waals surface area (Å²) in [7, 11) is 0. The number of amides is 1. The van der Waals surface area contributed by atoms with Gasteiger partial charge < -0.3 is 16.0 Å². The van der Waals surface area contributed by atoms with Crippen LogP contribution in [0.1, 0.15) is 30.1 Å². The summed E-state index contributed by atoms with van der Waals surface area (Å²) in [5.41, 5.74) is 6.21. The number of carbonyl (C=O) groups is 1. The number of rotatable bonds is 5. The molecule has 104 valence electrons. The van der Waals surface area contributed by atoms with Gasteiger partial charge in [0.2, 0.25) is 0 Å². The van der Waals surface area contributed by atoms with Crippen LogP contribution < -0.4 is 16.0 Å². The van der Waals surface area contributed by atoms with E-state index in [-0.39, 0.29) is 5.91 Å². The van der Waals surface area contributed by atoms with Crippen molar-refractivity contribution in [2.45, 2.75) is 19.8 Å². The van der Waals surface area contributed by atoms with Crippen molar-refractivity contribution in [2.24, 2.45) is 11.7 Å². The predicted octanol–water partition coefficient (Wildman–Crippen LogP) is 1.01. The van der Waals surface area contributed by atoms with E-state index in [9.17, 15) is 4.79 Å². The van der Waals surface area contributed by atoms with Gasteiger partial charge in [-0.3, -0.25) is 4.79 Å². The summed E-state index contributed by atoms with van der Waals surface area (Å²) in [6, 6.07) is 3.76.